The van der Waals surface area contributed by atoms with Crippen molar-refractivity contribution >= 4 is 23.3 Å². The molecule has 1 aromatic carbocycles. The van der Waals surface area contributed by atoms with Crippen LogP contribution in [0.2, 0.25) is 0 Å². The van der Waals surface area contributed by atoms with Gasteiger partial charge in [-0.05, 0) is 44.0 Å². The molecule has 0 saturated heterocycles. The van der Waals surface area contributed by atoms with Crippen molar-refractivity contribution in [2.45, 2.75) is 45.6 Å². The molecule has 2 rings (SSSR count). The Morgan fingerprint density at radius 2 is 1.68 bits per heavy atom. The lowest BCUT2D eigenvalue weighted by molar-refractivity contribution is -0.135. The molecule has 1 aliphatic carbocycles. The molecule has 0 heterocycles. The summed E-state index contributed by atoms with van der Waals surface area (Å²) >= 11 is 0. The van der Waals surface area contributed by atoms with E-state index >= 15 is 0 Å². The second-order valence-corrected chi connectivity index (χ2v) is 5.77. The normalized spacial score (nSPS) is 14.6. The number of hydrogen-bond donors (Lipinski definition) is 1. The van der Waals surface area contributed by atoms with Gasteiger partial charge in [-0.25, -0.2) is 0 Å². The fourth-order valence-corrected chi connectivity index (χ4v) is 2.86. The number of amides is 2. The lowest BCUT2D eigenvalue weighted by Gasteiger charge is -2.27. The Balaban J connectivity index is 1.95. The first-order valence-electron chi connectivity index (χ1n) is 7.65. The maximum atomic E-state index is 12.1. The van der Waals surface area contributed by atoms with Gasteiger partial charge in [-0.1, -0.05) is 12.8 Å². The highest BCUT2D eigenvalue weighted by atomic mass is 16.2. The standard InChI is InChI=1S/C17H22N2O3/c1-12(20)14-7-9-15(10-8-14)18-17(22)11-19(13(2)21)16-5-3-4-6-16/h7-10,16H,3-6,11H2,1-2H3,(H,18,22). The van der Waals surface area contributed by atoms with Crippen molar-refractivity contribution in [1.82, 2.24) is 4.90 Å². The Bertz CT molecular complexity index is 560. The number of ketones is 1. The van der Waals surface area contributed by atoms with Crippen LogP contribution in [0.1, 0.15) is 49.9 Å². The monoisotopic (exact) mass is 302 g/mol. The van der Waals surface area contributed by atoms with Gasteiger partial charge in [-0.2, -0.15) is 0 Å². The van der Waals surface area contributed by atoms with Crippen LogP contribution in [0.15, 0.2) is 24.3 Å². The van der Waals surface area contributed by atoms with Crippen LogP contribution >= 0.6 is 0 Å². The van der Waals surface area contributed by atoms with Gasteiger partial charge in [0.25, 0.3) is 0 Å². The summed E-state index contributed by atoms with van der Waals surface area (Å²) in [7, 11) is 0. The molecule has 5 heteroatoms. The minimum atomic E-state index is -0.210. The third kappa shape index (κ3) is 4.16. The fourth-order valence-electron chi connectivity index (χ4n) is 2.86. The number of hydrogen-bond acceptors (Lipinski definition) is 3. The molecule has 1 fully saturated rings. The van der Waals surface area contributed by atoms with Crippen LogP contribution in [0.25, 0.3) is 0 Å². The molecule has 5 nitrogen and oxygen atoms in total. The maximum Gasteiger partial charge on any atom is 0.244 e. The van der Waals surface area contributed by atoms with Crippen molar-refractivity contribution in [3.05, 3.63) is 29.8 Å². The van der Waals surface area contributed by atoms with Crippen LogP contribution in [0.3, 0.4) is 0 Å². The summed E-state index contributed by atoms with van der Waals surface area (Å²) < 4.78 is 0. The summed E-state index contributed by atoms with van der Waals surface area (Å²) in [4.78, 5) is 36.8. The number of rotatable bonds is 5. The molecule has 118 valence electrons. The van der Waals surface area contributed by atoms with Crippen molar-refractivity contribution in [1.29, 1.82) is 0 Å². The molecule has 0 aromatic heterocycles. The minimum absolute atomic E-state index is 0.0122. The maximum absolute atomic E-state index is 12.1. The van der Waals surface area contributed by atoms with Crippen LogP contribution in [-0.2, 0) is 9.59 Å². The molecular formula is C17H22N2O3. The quantitative estimate of drug-likeness (QED) is 0.850. The molecule has 1 saturated carbocycles. The van der Waals surface area contributed by atoms with Gasteiger partial charge in [0.05, 0.1) is 0 Å². The SMILES string of the molecule is CC(=O)c1ccc(NC(=O)CN(C(C)=O)C2CCCC2)cc1. The zero-order valence-corrected chi connectivity index (χ0v) is 13.1. The molecule has 1 aromatic rings. The summed E-state index contributed by atoms with van der Waals surface area (Å²) in [6, 6.07) is 6.93. The first-order valence-corrected chi connectivity index (χ1v) is 7.65. The van der Waals surface area contributed by atoms with E-state index in [0.29, 0.717) is 11.3 Å². The van der Waals surface area contributed by atoms with Crippen LogP contribution in [0.4, 0.5) is 5.69 Å². The van der Waals surface area contributed by atoms with Crippen molar-refractivity contribution < 1.29 is 14.4 Å². The second-order valence-electron chi connectivity index (χ2n) is 5.77. The zero-order chi connectivity index (χ0) is 16.1. The molecule has 0 bridgehead atoms. The third-order valence-electron chi connectivity index (χ3n) is 4.06. The molecule has 0 atom stereocenters. The van der Waals surface area contributed by atoms with E-state index in [4.69, 9.17) is 0 Å². The van der Waals surface area contributed by atoms with E-state index in [1.54, 1.807) is 29.2 Å². The first kappa shape index (κ1) is 16.2. The van der Waals surface area contributed by atoms with E-state index in [1.165, 1.54) is 13.8 Å². The van der Waals surface area contributed by atoms with Crippen LogP contribution < -0.4 is 5.32 Å². The van der Waals surface area contributed by atoms with Gasteiger partial charge in [0.15, 0.2) is 5.78 Å². The fraction of sp³-hybridized carbons (Fsp3) is 0.471. The number of anilines is 1. The first-order chi connectivity index (χ1) is 10.5. The van der Waals surface area contributed by atoms with Gasteiger partial charge in [0.1, 0.15) is 6.54 Å². The Kier molecular flexibility index (Phi) is 5.31. The van der Waals surface area contributed by atoms with Gasteiger partial charge >= 0.3 is 0 Å². The van der Waals surface area contributed by atoms with Gasteiger partial charge in [0.2, 0.25) is 11.8 Å². The van der Waals surface area contributed by atoms with E-state index in [-0.39, 0.29) is 30.2 Å². The number of nitrogens with one attached hydrogen (secondary N) is 1. The summed E-state index contributed by atoms with van der Waals surface area (Å²) in [6.07, 6.45) is 4.17. The molecular weight excluding hydrogens is 280 g/mol. The lowest BCUT2D eigenvalue weighted by atomic mass is 10.1. The Morgan fingerprint density at radius 3 is 2.18 bits per heavy atom. The molecule has 2 amide bonds. The Labute approximate surface area is 130 Å². The van der Waals surface area contributed by atoms with Crippen LogP contribution in [-0.4, -0.2) is 35.1 Å². The molecule has 22 heavy (non-hydrogen) atoms. The minimum Gasteiger partial charge on any atom is -0.331 e. The van der Waals surface area contributed by atoms with E-state index < -0.39 is 0 Å². The second kappa shape index (κ2) is 7.20. The highest BCUT2D eigenvalue weighted by molar-refractivity contribution is 5.96. The van der Waals surface area contributed by atoms with Crippen molar-refractivity contribution in [3.63, 3.8) is 0 Å². The average Bonchev–Trinajstić information content (AvgIpc) is 2.99. The number of nitrogens with zero attached hydrogens (tertiary/aromatic N) is 1. The summed E-state index contributed by atoms with van der Waals surface area (Å²) in [6.45, 7) is 3.08. The van der Waals surface area contributed by atoms with E-state index in [2.05, 4.69) is 5.32 Å². The number of benzene rings is 1. The van der Waals surface area contributed by atoms with Gasteiger partial charge < -0.3 is 10.2 Å². The predicted octanol–water partition coefficient (Wildman–Crippen LogP) is 2.62. The van der Waals surface area contributed by atoms with Crippen LogP contribution in [0, 0.1) is 0 Å². The van der Waals surface area contributed by atoms with E-state index in [9.17, 15) is 14.4 Å². The van der Waals surface area contributed by atoms with Crippen molar-refractivity contribution in [2.75, 3.05) is 11.9 Å². The highest BCUT2D eigenvalue weighted by Crippen LogP contribution is 2.23. The highest BCUT2D eigenvalue weighted by Gasteiger charge is 2.26. The Morgan fingerprint density at radius 1 is 1.09 bits per heavy atom. The largest absolute Gasteiger partial charge is 0.331 e. The summed E-state index contributed by atoms with van der Waals surface area (Å²) in [5.74, 6) is -0.284. The number of Topliss-reactive ketones (excluding diaryl/α,β-unsaturated/α-hetero) is 1. The molecule has 0 unspecified atom stereocenters. The van der Waals surface area contributed by atoms with Crippen molar-refractivity contribution in [2.24, 2.45) is 0 Å². The molecule has 0 spiro atoms. The number of carbonyl (C=O) groups is 3. The van der Waals surface area contributed by atoms with Gasteiger partial charge in [-0.15, -0.1) is 0 Å². The molecule has 0 aliphatic heterocycles. The molecule has 0 radical (unpaired) electrons. The lowest BCUT2D eigenvalue weighted by Crippen LogP contribution is -2.42. The topological polar surface area (TPSA) is 66.5 Å². The van der Waals surface area contributed by atoms with E-state index in [1.807, 2.05) is 0 Å². The third-order valence-corrected chi connectivity index (χ3v) is 4.06. The van der Waals surface area contributed by atoms with Crippen LogP contribution in [0.5, 0.6) is 0 Å². The van der Waals surface area contributed by atoms with E-state index in [0.717, 1.165) is 25.7 Å². The van der Waals surface area contributed by atoms with Crippen molar-refractivity contribution in [3.8, 4) is 0 Å². The molecule has 1 N–H and O–H groups in total. The summed E-state index contributed by atoms with van der Waals surface area (Å²) in [5.41, 5.74) is 1.24. The zero-order valence-electron chi connectivity index (χ0n) is 13.1. The van der Waals surface area contributed by atoms with Gasteiger partial charge in [-0.3, -0.25) is 14.4 Å². The predicted molar refractivity (Wildman–Crippen MR) is 84.7 cm³/mol. The average molecular weight is 302 g/mol. The molecule has 1 aliphatic rings. The summed E-state index contributed by atoms with van der Waals surface area (Å²) in [5, 5.41) is 2.77. The smallest absolute Gasteiger partial charge is 0.244 e. The Hall–Kier alpha value is -2.17. The van der Waals surface area contributed by atoms with Gasteiger partial charge in [0, 0.05) is 24.2 Å². The number of carbonyl (C=O) groups excluding carboxylic acids is 3.